The van der Waals surface area contributed by atoms with Crippen molar-refractivity contribution in [3.8, 4) is 0 Å². The van der Waals surface area contributed by atoms with Gasteiger partial charge < -0.3 is 24.6 Å². The number of hydrogen-bond acceptors (Lipinski definition) is 12. The molecule has 0 aromatic heterocycles. The lowest BCUT2D eigenvalue weighted by molar-refractivity contribution is -0.384. The van der Waals surface area contributed by atoms with Gasteiger partial charge in [0.1, 0.15) is 12.7 Å². The maximum atomic E-state index is 13.6. The number of aliphatic hydroxyl groups excluding tert-OH is 1. The number of aliphatic hydroxyl groups is 1. The third kappa shape index (κ3) is 8.61. The van der Waals surface area contributed by atoms with Gasteiger partial charge in [-0.1, -0.05) is 12.1 Å². The molecule has 2 aliphatic heterocycles. The molecule has 2 heterocycles. The van der Waals surface area contributed by atoms with Crippen molar-refractivity contribution in [1.29, 1.82) is 0 Å². The number of benzene rings is 3. The number of nitro groups is 1. The fraction of sp³-hybridized carbons (Fsp3) is 0.394. The van der Waals surface area contributed by atoms with Crippen molar-refractivity contribution in [3.63, 3.8) is 0 Å². The number of rotatable bonds is 12. The van der Waals surface area contributed by atoms with E-state index >= 15 is 0 Å². The monoisotopic (exact) mass is 746 g/mol. The second-order valence-electron chi connectivity index (χ2n) is 12.0. The van der Waals surface area contributed by atoms with Gasteiger partial charge in [-0.3, -0.25) is 14.9 Å². The maximum Gasteiger partial charge on any atom is 0.338 e. The zero-order chi connectivity index (χ0) is 36.9. The van der Waals surface area contributed by atoms with E-state index in [-0.39, 0.29) is 84.8 Å². The first kappa shape index (κ1) is 37.9. The first-order chi connectivity index (χ1) is 24.2. The number of aryl methyl sites for hydroxylation is 2. The van der Waals surface area contributed by atoms with Crippen molar-refractivity contribution in [2.45, 2.75) is 35.8 Å². The van der Waals surface area contributed by atoms with Gasteiger partial charge in [-0.2, -0.15) is 8.61 Å². The molecule has 51 heavy (non-hydrogen) atoms. The van der Waals surface area contributed by atoms with Crippen LogP contribution in [0.1, 0.15) is 43.5 Å². The predicted molar refractivity (Wildman–Crippen MR) is 181 cm³/mol. The number of nitrogens with zero attached hydrogens (tertiary/aromatic N) is 3. The summed E-state index contributed by atoms with van der Waals surface area (Å²) in [6.45, 7) is 4.10. The van der Waals surface area contributed by atoms with Crippen LogP contribution in [-0.2, 0) is 34.3 Å². The molecule has 0 radical (unpaired) electrons. The van der Waals surface area contributed by atoms with Crippen molar-refractivity contribution >= 4 is 37.6 Å². The minimum atomic E-state index is -3.98. The van der Waals surface area contributed by atoms with Gasteiger partial charge in [-0.05, 0) is 66.9 Å². The number of non-ortho nitro benzene ring substituents is 1. The lowest BCUT2D eigenvalue weighted by Gasteiger charge is -2.27. The number of carbonyl (C=O) groups excluding carboxylic acids is 2. The van der Waals surface area contributed by atoms with Crippen LogP contribution in [0.3, 0.4) is 0 Å². The van der Waals surface area contributed by atoms with Crippen LogP contribution in [0, 0.1) is 24.0 Å². The Morgan fingerprint density at radius 2 is 1.29 bits per heavy atom. The summed E-state index contributed by atoms with van der Waals surface area (Å²) in [7, 11) is -7.94. The summed E-state index contributed by atoms with van der Waals surface area (Å²) in [6.07, 6.45) is -1.56. The zero-order valence-electron chi connectivity index (χ0n) is 27.9. The quantitative estimate of drug-likeness (QED) is 0.155. The Hall–Kier alpha value is -4.30. The van der Waals surface area contributed by atoms with Gasteiger partial charge in [0.05, 0.1) is 52.7 Å². The molecule has 3 aromatic carbocycles. The van der Waals surface area contributed by atoms with Gasteiger partial charge in [0, 0.05) is 43.9 Å². The summed E-state index contributed by atoms with van der Waals surface area (Å²) in [5.74, 6) is -1.75. The number of sulfonamides is 2. The Kier molecular flexibility index (Phi) is 11.9. The van der Waals surface area contributed by atoms with Crippen LogP contribution >= 0.6 is 0 Å². The number of amides is 1. The summed E-state index contributed by atoms with van der Waals surface area (Å²) >= 11 is 0. The van der Waals surface area contributed by atoms with E-state index in [0.29, 0.717) is 11.1 Å². The molecule has 2 saturated heterocycles. The minimum absolute atomic E-state index is 0.0591. The van der Waals surface area contributed by atoms with E-state index in [2.05, 4.69) is 5.32 Å². The number of nitrogens with one attached hydrogen (secondary N) is 1. The van der Waals surface area contributed by atoms with E-state index in [9.17, 15) is 41.6 Å². The van der Waals surface area contributed by atoms with E-state index in [1.807, 2.05) is 0 Å². The van der Waals surface area contributed by atoms with Gasteiger partial charge in [0.25, 0.3) is 11.6 Å². The zero-order valence-corrected chi connectivity index (χ0v) is 29.5. The standard InChI is InChI=1S/C33H38N4O12S2/c1-22-3-5-25(19-29(22)50(43,44)35-11-15-47-16-12-35)32(39)34-28(31(38)24-7-9-27(10-8-24)37(41)42)21-49-33(40)26-6-4-23(2)30(20-26)51(45,46)36-13-17-48-18-14-36/h3-10,19-20,28,31,38H,11-18,21H2,1-2H3,(H,34,39)/t28-,31+/m0/s1. The van der Waals surface area contributed by atoms with Gasteiger partial charge in [0.2, 0.25) is 20.0 Å². The summed E-state index contributed by atoms with van der Waals surface area (Å²) in [5.41, 5.74) is 0.562. The lowest BCUT2D eigenvalue weighted by Crippen LogP contribution is -2.43. The highest BCUT2D eigenvalue weighted by Gasteiger charge is 2.32. The Bertz CT molecular complexity index is 1990. The smallest absolute Gasteiger partial charge is 0.338 e. The molecule has 0 saturated carbocycles. The summed E-state index contributed by atoms with van der Waals surface area (Å²) < 4.78 is 72.1. The number of nitro benzene ring substituents is 1. The molecule has 2 N–H and O–H groups in total. The molecule has 2 aliphatic rings. The second kappa shape index (κ2) is 15.9. The Labute approximate surface area is 295 Å². The first-order valence-corrected chi connectivity index (χ1v) is 18.9. The number of morpholine rings is 2. The van der Waals surface area contributed by atoms with Crippen molar-refractivity contribution in [2.75, 3.05) is 59.2 Å². The van der Waals surface area contributed by atoms with Crippen LogP contribution in [-0.4, -0.2) is 113 Å². The van der Waals surface area contributed by atoms with E-state index in [1.165, 1.54) is 57.1 Å². The van der Waals surface area contributed by atoms with E-state index < -0.39 is 55.6 Å². The molecule has 0 spiro atoms. The minimum Gasteiger partial charge on any atom is -0.460 e. The summed E-state index contributed by atoms with van der Waals surface area (Å²) in [6, 6.07) is 11.7. The van der Waals surface area contributed by atoms with Crippen LogP contribution in [0.4, 0.5) is 5.69 Å². The molecule has 2 fully saturated rings. The molecule has 1 amide bonds. The molecule has 18 heteroatoms. The molecular weight excluding hydrogens is 709 g/mol. The maximum absolute atomic E-state index is 13.6. The average molecular weight is 747 g/mol. The molecule has 0 aliphatic carbocycles. The predicted octanol–water partition coefficient (Wildman–Crippen LogP) is 1.94. The van der Waals surface area contributed by atoms with Crippen LogP contribution in [0.15, 0.2) is 70.5 Å². The van der Waals surface area contributed by atoms with E-state index in [1.54, 1.807) is 13.8 Å². The van der Waals surface area contributed by atoms with E-state index in [4.69, 9.17) is 14.2 Å². The van der Waals surface area contributed by atoms with Gasteiger partial charge >= 0.3 is 5.97 Å². The number of esters is 1. The van der Waals surface area contributed by atoms with Gasteiger partial charge in [0.15, 0.2) is 0 Å². The first-order valence-electron chi connectivity index (χ1n) is 16.0. The molecule has 2 atom stereocenters. The van der Waals surface area contributed by atoms with E-state index in [0.717, 1.165) is 12.1 Å². The van der Waals surface area contributed by atoms with Crippen molar-refractivity contribution in [3.05, 3.63) is 98.6 Å². The van der Waals surface area contributed by atoms with Crippen LogP contribution in [0.2, 0.25) is 0 Å². The number of hydrogen-bond donors (Lipinski definition) is 2. The Balaban J connectivity index is 1.39. The van der Waals surface area contributed by atoms with Crippen LogP contribution < -0.4 is 5.32 Å². The molecule has 16 nitrogen and oxygen atoms in total. The number of carbonyl (C=O) groups is 2. The van der Waals surface area contributed by atoms with Crippen molar-refractivity contribution in [2.24, 2.45) is 0 Å². The SMILES string of the molecule is Cc1ccc(C(=O)N[C@@H](COC(=O)c2ccc(C)c(S(=O)(=O)N3CCOCC3)c2)[C@H](O)c2ccc([N+](=O)[O-])cc2)cc1S(=O)(=O)N1CCOCC1. The topological polar surface area (TPSA) is 212 Å². The molecular formula is C33H38N4O12S2. The Morgan fingerprint density at radius 1 is 0.824 bits per heavy atom. The molecule has 5 rings (SSSR count). The van der Waals surface area contributed by atoms with Crippen LogP contribution in [0.5, 0.6) is 0 Å². The number of ether oxygens (including phenoxy) is 3. The fourth-order valence-corrected chi connectivity index (χ4v) is 8.93. The van der Waals surface area contributed by atoms with Crippen molar-refractivity contribution in [1.82, 2.24) is 13.9 Å². The third-order valence-corrected chi connectivity index (χ3v) is 12.7. The van der Waals surface area contributed by atoms with Gasteiger partial charge in [-0.15, -0.1) is 0 Å². The third-order valence-electron chi connectivity index (χ3n) is 8.59. The highest BCUT2D eigenvalue weighted by molar-refractivity contribution is 7.89. The van der Waals surface area contributed by atoms with Gasteiger partial charge in [-0.25, -0.2) is 21.6 Å². The second-order valence-corrected chi connectivity index (χ2v) is 15.8. The highest BCUT2D eigenvalue weighted by Crippen LogP contribution is 2.26. The molecule has 274 valence electrons. The highest BCUT2D eigenvalue weighted by atomic mass is 32.2. The lowest BCUT2D eigenvalue weighted by atomic mass is 10.0. The average Bonchev–Trinajstić information content (AvgIpc) is 3.13. The summed E-state index contributed by atoms with van der Waals surface area (Å²) in [5, 5.41) is 25.1. The molecule has 0 bridgehead atoms. The molecule has 0 unspecified atom stereocenters. The largest absolute Gasteiger partial charge is 0.460 e. The molecule has 3 aromatic rings. The van der Waals surface area contributed by atoms with Crippen LogP contribution in [0.25, 0.3) is 0 Å². The van der Waals surface area contributed by atoms with Crippen molar-refractivity contribution < 1.29 is 50.7 Å². The fourth-order valence-electron chi connectivity index (χ4n) is 5.61. The summed E-state index contributed by atoms with van der Waals surface area (Å²) in [4.78, 5) is 37.3. The normalized spacial score (nSPS) is 17.3. The Morgan fingerprint density at radius 3 is 1.78 bits per heavy atom.